The van der Waals surface area contributed by atoms with Crippen molar-refractivity contribution in [2.45, 2.75) is 57.1 Å². The molecule has 1 aliphatic heterocycles. The standard InChI is InChI=1S/C32H34O9SeSi/c1-21(33)37-20-28-29(38-22(2)34)30(39-23(3)35)31(40-24(4)36)32(41-28)42-43(25-14-8-5-9-15-25,26-16-10-6-11-17-26)27-18-12-7-13-19-27/h5-19,28-32H,20H2,1-4H3/t28-,29-,30+,31-,32+/m1/s1. The number of carbonyl (C=O) groups excluding carboxylic acids is 4. The van der Waals surface area contributed by atoms with Gasteiger partial charge in [-0.1, -0.05) is 0 Å². The van der Waals surface area contributed by atoms with Crippen LogP contribution >= 0.6 is 0 Å². The van der Waals surface area contributed by atoms with Crippen LogP contribution in [-0.2, 0) is 42.9 Å². The van der Waals surface area contributed by atoms with Gasteiger partial charge in [0.1, 0.15) is 0 Å². The number of carbonyl (C=O) groups is 4. The summed E-state index contributed by atoms with van der Waals surface area (Å²) in [7, 11) is 0. The van der Waals surface area contributed by atoms with E-state index in [1.165, 1.54) is 27.7 Å². The fourth-order valence-electron chi connectivity index (χ4n) is 5.18. The Hall–Kier alpha value is -3.76. The van der Waals surface area contributed by atoms with Crippen molar-refractivity contribution in [3.63, 3.8) is 0 Å². The molecule has 0 saturated carbocycles. The molecule has 4 rings (SSSR count). The van der Waals surface area contributed by atoms with E-state index in [0.717, 1.165) is 15.6 Å². The van der Waals surface area contributed by atoms with Crippen LogP contribution in [0.2, 0.25) is 0 Å². The zero-order valence-corrected chi connectivity index (χ0v) is 27.0. The molecule has 0 unspecified atom stereocenters. The Kier molecular flexibility index (Phi) is 10.9. The zero-order chi connectivity index (χ0) is 31.0. The summed E-state index contributed by atoms with van der Waals surface area (Å²) < 4.78 is 29.1. The number of benzene rings is 3. The van der Waals surface area contributed by atoms with Gasteiger partial charge in [0, 0.05) is 0 Å². The summed E-state index contributed by atoms with van der Waals surface area (Å²) >= 11 is -0.495. The van der Waals surface area contributed by atoms with Gasteiger partial charge in [0.2, 0.25) is 0 Å². The van der Waals surface area contributed by atoms with E-state index in [9.17, 15) is 19.2 Å². The molecule has 1 heterocycles. The van der Waals surface area contributed by atoms with Crippen LogP contribution in [0.4, 0.5) is 0 Å². The van der Waals surface area contributed by atoms with Gasteiger partial charge < -0.3 is 0 Å². The molecule has 0 aromatic heterocycles. The monoisotopic (exact) mass is 670 g/mol. The van der Waals surface area contributed by atoms with E-state index >= 15 is 0 Å². The molecule has 226 valence electrons. The number of esters is 4. The number of rotatable bonds is 10. The molecule has 1 fully saturated rings. The molecular formula is C32H34O9SeSi. The molecule has 0 radical (unpaired) electrons. The minimum absolute atomic E-state index is 0.263. The normalized spacial score (nSPS) is 21.7. The first-order valence-corrected chi connectivity index (χ1v) is 19.2. The Morgan fingerprint density at radius 1 is 0.605 bits per heavy atom. The van der Waals surface area contributed by atoms with Gasteiger partial charge in [-0.05, 0) is 0 Å². The van der Waals surface area contributed by atoms with Crippen LogP contribution in [-0.4, -0.2) is 80.9 Å². The van der Waals surface area contributed by atoms with E-state index < -0.39 is 74.3 Å². The third-order valence-electron chi connectivity index (χ3n) is 6.78. The van der Waals surface area contributed by atoms with Crippen molar-refractivity contribution in [3.05, 3.63) is 91.0 Å². The molecule has 3 aromatic rings. The molecule has 0 amide bonds. The number of ether oxygens (including phenoxy) is 5. The maximum absolute atomic E-state index is 12.5. The van der Waals surface area contributed by atoms with Crippen LogP contribution in [0.25, 0.3) is 0 Å². The molecular weight excluding hydrogens is 635 g/mol. The zero-order valence-electron chi connectivity index (χ0n) is 24.3. The van der Waals surface area contributed by atoms with Crippen LogP contribution in [0.3, 0.4) is 0 Å². The third kappa shape index (κ3) is 7.80. The van der Waals surface area contributed by atoms with Crippen LogP contribution < -0.4 is 15.6 Å². The van der Waals surface area contributed by atoms with Crippen LogP contribution in [0, 0.1) is 0 Å². The number of hydrogen-bond acceptors (Lipinski definition) is 9. The van der Waals surface area contributed by atoms with E-state index in [4.69, 9.17) is 23.7 Å². The fourth-order valence-corrected chi connectivity index (χ4v) is 18.4. The molecule has 3 aromatic carbocycles. The predicted octanol–water partition coefficient (Wildman–Crippen LogP) is 1.44. The Labute approximate surface area is 257 Å². The second-order valence-electron chi connectivity index (χ2n) is 9.96. The molecule has 43 heavy (non-hydrogen) atoms. The van der Waals surface area contributed by atoms with Crippen molar-refractivity contribution in [1.29, 1.82) is 0 Å². The van der Waals surface area contributed by atoms with Crippen molar-refractivity contribution < 1.29 is 42.9 Å². The van der Waals surface area contributed by atoms with Crippen LogP contribution in [0.5, 0.6) is 0 Å². The quantitative estimate of drug-likeness (QED) is 0.137. The second kappa shape index (κ2) is 14.6. The predicted molar refractivity (Wildman–Crippen MR) is 162 cm³/mol. The molecule has 5 atom stereocenters. The van der Waals surface area contributed by atoms with E-state index in [1.807, 2.05) is 54.6 Å². The van der Waals surface area contributed by atoms with Gasteiger partial charge >= 0.3 is 258 Å². The van der Waals surface area contributed by atoms with Crippen molar-refractivity contribution in [1.82, 2.24) is 0 Å². The average Bonchev–Trinajstić information content (AvgIpc) is 2.98. The van der Waals surface area contributed by atoms with Gasteiger partial charge in [-0.2, -0.15) is 0 Å². The summed E-state index contributed by atoms with van der Waals surface area (Å²) in [5.41, 5.74) is 0. The van der Waals surface area contributed by atoms with Crippen molar-refractivity contribution in [2.24, 2.45) is 0 Å². The molecule has 1 saturated heterocycles. The van der Waals surface area contributed by atoms with Crippen molar-refractivity contribution in [2.75, 3.05) is 6.61 Å². The van der Waals surface area contributed by atoms with E-state index in [1.54, 1.807) is 0 Å². The van der Waals surface area contributed by atoms with Gasteiger partial charge in [0.05, 0.1) is 0 Å². The van der Waals surface area contributed by atoms with E-state index in [0.29, 0.717) is 0 Å². The van der Waals surface area contributed by atoms with Gasteiger partial charge in [-0.3, -0.25) is 0 Å². The summed E-state index contributed by atoms with van der Waals surface area (Å²) in [4.78, 5) is 48.9. The molecule has 0 N–H and O–H groups in total. The first kappa shape index (κ1) is 32.2. The van der Waals surface area contributed by atoms with Gasteiger partial charge in [0.25, 0.3) is 0 Å². The third-order valence-corrected chi connectivity index (χ3v) is 19.7. The summed E-state index contributed by atoms with van der Waals surface area (Å²) in [5, 5.41) is 2.54. The summed E-state index contributed by atoms with van der Waals surface area (Å²) in [6, 6.07) is 30.4. The SMILES string of the molecule is CC(=O)OC[C@H]1O[C@@H]([Se][Si](c2ccccc2)(c2ccccc2)c2ccccc2)[C@H](OC(C)=O)[C@@H](OC(C)=O)[C@@H]1OC(C)=O. The molecule has 11 heteroatoms. The molecule has 0 bridgehead atoms. The Morgan fingerprint density at radius 2 is 1.00 bits per heavy atom. The van der Waals surface area contributed by atoms with Gasteiger partial charge in [-0.15, -0.1) is 0 Å². The summed E-state index contributed by atoms with van der Waals surface area (Å²) in [6.45, 7) is 1.78. The number of hydrogen-bond donors (Lipinski definition) is 0. The first-order chi connectivity index (χ1) is 20.6. The Bertz CT molecular complexity index is 1310. The molecule has 9 nitrogen and oxygen atoms in total. The Morgan fingerprint density at radius 3 is 1.40 bits per heavy atom. The molecule has 0 spiro atoms. The second-order valence-corrected chi connectivity index (χ2v) is 19.6. The average molecular weight is 670 g/mol. The maximum atomic E-state index is 12.5. The first-order valence-electron chi connectivity index (χ1n) is 13.8. The van der Waals surface area contributed by atoms with E-state index in [-0.39, 0.29) is 6.61 Å². The summed E-state index contributed by atoms with van der Waals surface area (Å²) in [5.74, 6) is -2.49. The van der Waals surface area contributed by atoms with Crippen LogP contribution in [0.15, 0.2) is 91.0 Å². The van der Waals surface area contributed by atoms with Crippen LogP contribution in [0.1, 0.15) is 27.7 Å². The summed E-state index contributed by atoms with van der Waals surface area (Å²) in [6.07, 6.45) is -4.51. The topological polar surface area (TPSA) is 114 Å². The van der Waals surface area contributed by atoms with Crippen molar-refractivity contribution >= 4 is 60.4 Å². The Balaban J connectivity index is 1.93. The molecule has 0 aliphatic carbocycles. The molecule has 1 aliphatic rings. The van der Waals surface area contributed by atoms with Gasteiger partial charge in [0.15, 0.2) is 0 Å². The fraction of sp³-hybridized carbons (Fsp3) is 0.312. The van der Waals surface area contributed by atoms with E-state index in [2.05, 4.69) is 36.4 Å². The minimum atomic E-state index is -2.91. The van der Waals surface area contributed by atoms with Gasteiger partial charge in [-0.25, -0.2) is 0 Å². The van der Waals surface area contributed by atoms with Crippen molar-refractivity contribution in [3.8, 4) is 0 Å².